The second kappa shape index (κ2) is 10.6. The Morgan fingerprint density at radius 3 is 2.62 bits per heavy atom. The topological polar surface area (TPSA) is 87.0 Å². The number of ether oxygens (including phenoxy) is 1. The standard InChI is InChI=1S/C20H27ClO5/c21-18-11-19(23)17(13-26-15-9-7-14(12-22)8-10-15)16(18)5-3-1-2-4-6-20(24)25/h1,3,7-10,16-19,22-23H,2,4-6,11-13H2,(H,24,25)/t16-,17-,18-,19-/m1/s1. The van der Waals surface area contributed by atoms with Crippen LogP contribution >= 0.6 is 11.6 Å². The number of carboxylic acid groups (broad SMARTS) is 1. The number of aliphatic carboxylic acids is 1. The van der Waals surface area contributed by atoms with Gasteiger partial charge in [0.2, 0.25) is 0 Å². The summed E-state index contributed by atoms with van der Waals surface area (Å²) < 4.78 is 5.82. The highest BCUT2D eigenvalue weighted by atomic mass is 35.5. The van der Waals surface area contributed by atoms with Gasteiger partial charge in [-0.3, -0.25) is 4.79 Å². The molecule has 0 heterocycles. The Balaban J connectivity index is 1.83. The lowest BCUT2D eigenvalue weighted by atomic mass is 9.92. The van der Waals surface area contributed by atoms with Crippen LogP contribution in [0.4, 0.5) is 0 Å². The van der Waals surface area contributed by atoms with Crippen LogP contribution in [0.3, 0.4) is 0 Å². The minimum absolute atomic E-state index is 0.00355. The molecule has 0 aromatic heterocycles. The summed E-state index contributed by atoms with van der Waals surface area (Å²) in [7, 11) is 0. The third-order valence-corrected chi connectivity index (χ3v) is 5.36. The Kier molecular flexibility index (Phi) is 8.42. The number of carbonyl (C=O) groups is 1. The van der Waals surface area contributed by atoms with Gasteiger partial charge in [-0.05, 0) is 49.3 Å². The summed E-state index contributed by atoms with van der Waals surface area (Å²) in [6.45, 7) is 0.386. The van der Waals surface area contributed by atoms with Crippen molar-refractivity contribution in [1.82, 2.24) is 0 Å². The van der Waals surface area contributed by atoms with Gasteiger partial charge in [0.1, 0.15) is 5.75 Å². The van der Waals surface area contributed by atoms with Crippen molar-refractivity contribution < 1.29 is 24.9 Å². The third kappa shape index (κ3) is 6.31. The van der Waals surface area contributed by atoms with Crippen molar-refractivity contribution in [3.05, 3.63) is 42.0 Å². The van der Waals surface area contributed by atoms with Gasteiger partial charge in [-0.25, -0.2) is 0 Å². The highest BCUT2D eigenvalue weighted by Crippen LogP contribution is 2.39. The summed E-state index contributed by atoms with van der Waals surface area (Å²) in [6.07, 6.45) is 6.36. The lowest BCUT2D eigenvalue weighted by Gasteiger charge is -2.22. The van der Waals surface area contributed by atoms with E-state index in [1.807, 2.05) is 36.4 Å². The lowest BCUT2D eigenvalue weighted by molar-refractivity contribution is -0.137. The van der Waals surface area contributed by atoms with E-state index in [0.717, 1.165) is 18.4 Å². The molecular formula is C20H27ClO5. The number of benzene rings is 1. The predicted octanol–water partition coefficient (Wildman–Crippen LogP) is 3.36. The van der Waals surface area contributed by atoms with E-state index in [4.69, 9.17) is 26.6 Å². The molecule has 5 nitrogen and oxygen atoms in total. The molecule has 0 aliphatic heterocycles. The predicted molar refractivity (Wildman–Crippen MR) is 100 cm³/mol. The normalized spacial score (nSPS) is 25.7. The minimum atomic E-state index is -0.776. The molecule has 0 spiro atoms. The number of hydrogen-bond donors (Lipinski definition) is 3. The molecule has 144 valence electrons. The fraction of sp³-hybridized carbons (Fsp3) is 0.550. The van der Waals surface area contributed by atoms with Crippen LogP contribution in [0.15, 0.2) is 36.4 Å². The quantitative estimate of drug-likeness (QED) is 0.328. The van der Waals surface area contributed by atoms with Gasteiger partial charge in [0.05, 0.1) is 19.3 Å². The highest BCUT2D eigenvalue weighted by molar-refractivity contribution is 6.21. The summed E-state index contributed by atoms with van der Waals surface area (Å²) in [5, 5.41) is 27.9. The Hall–Kier alpha value is -1.56. The average molecular weight is 383 g/mol. The molecule has 4 atom stereocenters. The zero-order chi connectivity index (χ0) is 18.9. The number of aliphatic hydroxyl groups excluding tert-OH is 2. The third-order valence-electron chi connectivity index (χ3n) is 4.86. The van der Waals surface area contributed by atoms with Gasteiger partial charge in [0, 0.05) is 17.7 Å². The Labute approximate surface area is 159 Å². The molecular weight excluding hydrogens is 356 g/mol. The van der Waals surface area contributed by atoms with Crippen molar-refractivity contribution in [2.24, 2.45) is 11.8 Å². The summed E-state index contributed by atoms with van der Waals surface area (Å²) in [5.41, 5.74) is 0.824. The van der Waals surface area contributed by atoms with Crippen molar-refractivity contribution in [2.75, 3.05) is 6.61 Å². The number of hydrogen-bond acceptors (Lipinski definition) is 4. The van der Waals surface area contributed by atoms with Crippen LogP contribution < -0.4 is 4.74 Å². The van der Waals surface area contributed by atoms with Crippen LogP contribution in [0.1, 0.15) is 37.7 Å². The van der Waals surface area contributed by atoms with Crippen molar-refractivity contribution >= 4 is 17.6 Å². The first-order valence-corrected chi connectivity index (χ1v) is 9.46. The number of rotatable bonds is 10. The average Bonchev–Trinajstić information content (AvgIpc) is 2.89. The number of allylic oxidation sites excluding steroid dienone is 2. The smallest absolute Gasteiger partial charge is 0.303 e. The maximum Gasteiger partial charge on any atom is 0.303 e. The number of unbranched alkanes of at least 4 members (excludes halogenated alkanes) is 1. The van der Waals surface area contributed by atoms with Crippen LogP contribution in [-0.2, 0) is 11.4 Å². The van der Waals surface area contributed by atoms with Gasteiger partial charge in [0.25, 0.3) is 0 Å². The van der Waals surface area contributed by atoms with E-state index >= 15 is 0 Å². The van der Waals surface area contributed by atoms with E-state index in [1.165, 1.54) is 0 Å². The van der Waals surface area contributed by atoms with Crippen LogP contribution in [0.25, 0.3) is 0 Å². The van der Waals surface area contributed by atoms with E-state index in [2.05, 4.69) is 0 Å². The second-order valence-corrected chi connectivity index (χ2v) is 7.31. The minimum Gasteiger partial charge on any atom is -0.493 e. The van der Waals surface area contributed by atoms with Crippen LogP contribution in [0.5, 0.6) is 5.75 Å². The number of aliphatic hydroxyl groups is 2. The van der Waals surface area contributed by atoms with Crippen molar-refractivity contribution in [2.45, 2.75) is 50.2 Å². The van der Waals surface area contributed by atoms with Gasteiger partial charge in [0.15, 0.2) is 0 Å². The SMILES string of the molecule is O=C(O)CCCC=CC[C@@H]1[C@@H](COc2ccc(CO)cc2)[C@H](O)C[C@H]1Cl. The molecule has 1 aromatic rings. The van der Waals surface area contributed by atoms with Crippen molar-refractivity contribution in [3.63, 3.8) is 0 Å². The zero-order valence-corrected chi connectivity index (χ0v) is 15.5. The highest BCUT2D eigenvalue weighted by Gasteiger charge is 2.41. The molecule has 6 heteroatoms. The second-order valence-electron chi connectivity index (χ2n) is 6.75. The first-order valence-electron chi connectivity index (χ1n) is 9.02. The molecule has 26 heavy (non-hydrogen) atoms. The monoisotopic (exact) mass is 382 g/mol. The van der Waals surface area contributed by atoms with Gasteiger partial charge in [-0.2, -0.15) is 0 Å². The number of carboxylic acids is 1. The number of alkyl halides is 1. The van der Waals surface area contributed by atoms with Gasteiger partial charge in [-0.15, -0.1) is 11.6 Å². The molecule has 0 saturated heterocycles. The molecule has 0 unspecified atom stereocenters. The van der Waals surface area contributed by atoms with Crippen LogP contribution in [0.2, 0.25) is 0 Å². The van der Waals surface area contributed by atoms with Crippen molar-refractivity contribution in [3.8, 4) is 5.75 Å². The van der Waals surface area contributed by atoms with E-state index in [-0.39, 0.29) is 30.2 Å². The van der Waals surface area contributed by atoms with Gasteiger partial charge >= 0.3 is 5.97 Å². The molecule has 1 aliphatic carbocycles. The number of halogens is 1. The first kappa shape index (κ1) is 20.7. The molecule has 0 bridgehead atoms. The molecule has 1 saturated carbocycles. The first-order chi connectivity index (χ1) is 12.5. The molecule has 3 N–H and O–H groups in total. The lowest BCUT2D eigenvalue weighted by Crippen LogP contribution is -2.27. The van der Waals surface area contributed by atoms with Crippen molar-refractivity contribution in [1.29, 1.82) is 0 Å². The summed E-state index contributed by atoms with van der Waals surface area (Å²) >= 11 is 6.42. The van der Waals surface area contributed by atoms with E-state index in [9.17, 15) is 9.90 Å². The van der Waals surface area contributed by atoms with Crippen LogP contribution in [-0.4, -0.2) is 39.4 Å². The van der Waals surface area contributed by atoms with Crippen LogP contribution in [0, 0.1) is 11.8 Å². The molecule has 0 amide bonds. The Morgan fingerprint density at radius 2 is 1.96 bits per heavy atom. The fourth-order valence-electron chi connectivity index (χ4n) is 3.32. The van der Waals surface area contributed by atoms with E-state index in [1.54, 1.807) is 0 Å². The molecule has 2 rings (SSSR count). The van der Waals surface area contributed by atoms with Gasteiger partial charge in [-0.1, -0.05) is 24.3 Å². The zero-order valence-electron chi connectivity index (χ0n) is 14.8. The summed E-state index contributed by atoms with van der Waals surface area (Å²) in [6, 6.07) is 7.23. The fourth-order valence-corrected chi connectivity index (χ4v) is 3.79. The molecule has 1 aromatic carbocycles. The molecule has 0 radical (unpaired) electrons. The van der Waals surface area contributed by atoms with Gasteiger partial charge < -0.3 is 20.1 Å². The molecule has 1 aliphatic rings. The maximum atomic E-state index is 10.5. The summed E-state index contributed by atoms with van der Waals surface area (Å²) in [4.78, 5) is 10.5. The summed E-state index contributed by atoms with van der Waals surface area (Å²) in [5.74, 6) is 0.00977. The maximum absolute atomic E-state index is 10.5. The van der Waals surface area contributed by atoms with E-state index < -0.39 is 12.1 Å². The Bertz CT molecular complexity index is 586. The Morgan fingerprint density at radius 1 is 1.23 bits per heavy atom. The van der Waals surface area contributed by atoms with E-state index in [0.29, 0.717) is 25.2 Å². The molecule has 1 fully saturated rings. The largest absolute Gasteiger partial charge is 0.493 e.